The Hall–Kier alpha value is -2.15. The van der Waals surface area contributed by atoms with Gasteiger partial charge in [0.15, 0.2) is 5.65 Å². The maximum Gasteiger partial charge on any atom is 0.276 e. The standard InChI is InChI=1S/C16H24N4O3/c1-4-10(2)13(9-21)19-15(22)6-5-12-11(3)18-14-7-8-17-20(14)16(12)23/h7-8,10,13,17,21H,4-6,9H2,1-3H3,(H,19,22)/t10-,13+/m0/s1. The molecule has 0 fully saturated rings. The number of hydrogen-bond acceptors (Lipinski definition) is 4. The summed E-state index contributed by atoms with van der Waals surface area (Å²) in [7, 11) is 0. The van der Waals surface area contributed by atoms with Crippen LogP contribution in [-0.2, 0) is 11.2 Å². The molecule has 0 aliphatic carbocycles. The molecule has 0 aliphatic rings. The third-order valence-corrected chi connectivity index (χ3v) is 4.32. The van der Waals surface area contributed by atoms with E-state index in [1.54, 1.807) is 19.2 Å². The molecule has 23 heavy (non-hydrogen) atoms. The Kier molecular flexibility index (Phi) is 5.54. The van der Waals surface area contributed by atoms with Crippen molar-refractivity contribution in [1.29, 1.82) is 0 Å². The minimum atomic E-state index is -0.251. The molecule has 0 bridgehead atoms. The van der Waals surface area contributed by atoms with Crippen molar-refractivity contribution in [1.82, 2.24) is 19.9 Å². The molecule has 0 aromatic carbocycles. The van der Waals surface area contributed by atoms with Crippen LogP contribution in [0.25, 0.3) is 5.65 Å². The van der Waals surface area contributed by atoms with Crippen molar-refractivity contribution >= 4 is 11.6 Å². The first-order valence-electron chi connectivity index (χ1n) is 7.93. The van der Waals surface area contributed by atoms with E-state index in [4.69, 9.17) is 0 Å². The normalized spacial score (nSPS) is 13.9. The molecular weight excluding hydrogens is 296 g/mol. The Morgan fingerprint density at radius 1 is 1.52 bits per heavy atom. The minimum absolute atomic E-state index is 0.0849. The number of aromatic nitrogens is 3. The average Bonchev–Trinajstić information content (AvgIpc) is 3.00. The number of rotatable bonds is 7. The lowest BCUT2D eigenvalue weighted by atomic mass is 9.99. The van der Waals surface area contributed by atoms with E-state index in [0.717, 1.165) is 6.42 Å². The van der Waals surface area contributed by atoms with E-state index in [2.05, 4.69) is 15.4 Å². The van der Waals surface area contributed by atoms with Gasteiger partial charge in [-0.25, -0.2) is 9.50 Å². The highest BCUT2D eigenvalue weighted by Gasteiger charge is 2.18. The molecule has 0 unspecified atom stereocenters. The number of carbonyl (C=O) groups is 1. The molecule has 7 nitrogen and oxygen atoms in total. The second-order valence-electron chi connectivity index (χ2n) is 5.88. The van der Waals surface area contributed by atoms with E-state index in [1.165, 1.54) is 4.52 Å². The van der Waals surface area contributed by atoms with Gasteiger partial charge in [0.2, 0.25) is 5.91 Å². The number of aromatic amines is 1. The van der Waals surface area contributed by atoms with Crippen LogP contribution in [0.15, 0.2) is 17.1 Å². The molecule has 0 radical (unpaired) electrons. The van der Waals surface area contributed by atoms with Crippen LogP contribution in [0.1, 0.15) is 37.9 Å². The van der Waals surface area contributed by atoms with Crippen LogP contribution in [0, 0.1) is 12.8 Å². The summed E-state index contributed by atoms with van der Waals surface area (Å²) in [4.78, 5) is 28.8. The number of aryl methyl sites for hydroxylation is 1. The van der Waals surface area contributed by atoms with E-state index in [0.29, 0.717) is 23.3 Å². The largest absolute Gasteiger partial charge is 0.394 e. The Bertz CT molecular complexity index is 734. The predicted octanol–water partition coefficient (Wildman–Crippen LogP) is 0.787. The number of nitrogens with zero attached hydrogens (tertiary/aromatic N) is 2. The van der Waals surface area contributed by atoms with E-state index < -0.39 is 0 Å². The number of hydrogen-bond donors (Lipinski definition) is 3. The number of amides is 1. The fourth-order valence-corrected chi connectivity index (χ4v) is 2.56. The van der Waals surface area contributed by atoms with Crippen molar-refractivity contribution in [3.63, 3.8) is 0 Å². The molecule has 0 saturated heterocycles. The van der Waals surface area contributed by atoms with Crippen molar-refractivity contribution in [2.24, 2.45) is 5.92 Å². The fourth-order valence-electron chi connectivity index (χ4n) is 2.56. The predicted molar refractivity (Wildman–Crippen MR) is 87.3 cm³/mol. The molecule has 1 amide bonds. The first-order chi connectivity index (χ1) is 11.0. The molecule has 126 valence electrons. The summed E-state index contributed by atoms with van der Waals surface area (Å²) in [6, 6.07) is 1.47. The Balaban J connectivity index is 2.06. The molecule has 7 heteroatoms. The molecule has 2 aromatic heterocycles. The van der Waals surface area contributed by atoms with Gasteiger partial charge in [0.25, 0.3) is 5.56 Å². The summed E-state index contributed by atoms with van der Waals surface area (Å²) in [5, 5.41) is 15.0. The van der Waals surface area contributed by atoms with E-state index in [-0.39, 0.29) is 36.5 Å². The fraction of sp³-hybridized carbons (Fsp3) is 0.562. The highest BCUT2D eigenvalue weighted by Crippen LogP contribution is 2.09. The molecule has 2 heterocycles. The summed E-state index contributed by atoms with van der Waals surface area (Å²) in [6.07, 6.45) is 3.04. The third kappa shape index (κ3) is 3.79. The molecule has 0 spiro atoms. The van der Waals surface area contributed by atoms with Crippen LogP contribution in [0.2, 0.25) is 0 Å². The number of aliphatic hydroxyl groups excluding tert-OH is 1. The van der Waals surface area contributed by atoms with Crippen LogP contribution < -0.4 is 10.9 Å². The van der Waals surface area contributed by atoms with Gasteiger partial charge in [0.05, 0.1) is 12.6 Å². The highest BCUT2D eigenvalue weighted by atomic mass is 16.3. The first kappa shape index (κ1) is 17.2. The Morgan fingerprint density at radius 3 is 2.91 bits per heavy atom. The SMILES string of the molecule is CC[C@H](C)[C@@H](CO)NC(=O)CCc1c(C)nc2cc[nH]n2c1=O. The average molecular weight is 320 g/mol. The second kappa shape index (κ2) is 7.41. The van der Waals surface area contributed by atoms with Crippen molar-refractivity contribution in [3.8, 4) is 0 Å². The van der Waals surface area contributed by atoms with Crippen molar-refractivity contribution in [3.05, 3.63) is 33.9 Å². The second-order valence-corrected chi connectivity index (χ2v) is 5.88. The van der Waals surface area contributed by atoms with Gasteiger partial charge in [0, 0.05) is 29.9 Å². The van der Waals surface area contributed by atoms with Gasteiger partial charge in [-0.3, -0.25) is 14.7 Å². The molecule has 2 aromatic rings. The molecule has 0 saturated carbocycles. The van der Waals surface area contributed by atoms with Gasteiger partial charge in [-0.2, -0.15) is 0 Å². The summed E-state index contributed by atoms with van der Waals surface area (Å²) in [5.41, 5.74) is 1.57. The number of aliphatic hydroxyl groups is 1. The van der Waals surface area contributed by atoms with Crippen molar-refractivity contribution < 1.29 is 9.90 Å². The lowest BCUT2D eigenvalue weighted by Gasteiger charge is -2.22. The number of nitrogens with one attached hydrogen (secondary N) is 2. The molecule has 0 aliphatic heterocycles. The zero-order valence-electron chi connectivity index (χ0n) is 13.8. The van der Waals surface area contributed by atoms with Crippen LogP contribution in [-0.4, -0.2) is 38.3 Å². The third-order valence-electron chi connectivity index (χ3n) is 4.32. The van der Waals surface area contributed by atoms with Crippen LogP contribution >= 0.6 is 0 Å². The van der Waals surface area contributed by atoms with Gasteiger partial charge in [-0.1, -0.05) is 20.3 Å². The Morgan fingerprint density at radius 2 is 2.26 bits per heavy atom. The lowest BCUT2D eigenvalue weighted by molar-refractivity contribution is -0.122. The van der Waals surface area contributed by atoms with Crippen LogP contribution in [0.4, 0.5) is 0 Å². The van der Waals surface area contributed by atoms with E-state index in [1.807, 2.05) is 13.8 Å². The maximum atomic E-state index is 12.4. The Labute approximate surface area is 134 Å². The highest BCUT2D eigenvalue weighted by molar-refractivity contribution is 5.76. The summed E-state index contributed by atoms with van der Waals surface area (Å²) >= 11 is 0. The van der Waals surface area contributed by atoms with Crippen LogP contribution in [0.5, 0.6) is 0 Å². The van der Waals surface area contributed by atoms with Crippen molar-refractivity contribution in [2.75, 3.05) is 6.61 Å². The monoisotopic (exact) mass is 320 g/mol. The molecular formula is C16H24N4O3. The number of H-pyrrole nitrogens is 1. The smallest absolute Gasteiger partial charge is 0.276 e. The molecule has 3 N–H and O–H groups in total. The summed E-state index contributed by atoms with van der Waals surface area (Å²) in [6.45, 7) is 5.69. The zero-order chi connectivity index (χ0) is 17.0. The summed E-state index contributed by atoms with van der Waals surface area (Å²) < 4.78 is 1.37. The van der Waals surface area contributed by atoms with Gasteiger partial charge in [-0.05, 0) is 19.3 Å². The van der Waals surface area contributed by atoms with E-state index in [9.17, 15) is 14.7 Å². The molecule has 2 rings (SSSR count). The quantitative estimate of drug-likeness (QED) is 0.702. The van der Waals surface area contributed by atoms with Gasteiger partial charge in [-0.15, -0.1) is 0 Å². The topological polar surface area (TPSA) is 99.5 Å². The van der Waals surface area contributed by atoms with Crippen LogP contribution in [0.3, 0.4) is 0 Å². The van der Waals surface area contributed by atoms with Crippen molar-refractivity contribution in [2.45, 2.75) is 46.1 Å². The minimum Gasteiger partial charge on any atom is -0.394 e. The maximum absolute atomic E-state index is 12.4. The van der Waals surface area contributed by atoms with Gasteiger partial charge in [0.1, 0.15) is 0 Å². The van der Waals surface area contributed by atoms with Gasteiger partial charge < -0.3 is 10.4 Å². The first-order valence-corrected chi connectivity index (χ1v) is 7.93. The van der Waals surface area contributed by atoms with Gasteiger partial charge >= 0.3 is 0 Å². The lowest BCUT2D eigenvalue weighted by Crippen LogP contribution is -2.42. The zero-order valence-corrected chi connectivity index (χ0v) is 13.8. The molecule has 2 atom stereocenters. The number of carbonyl (C=O) groups excluding carboxylic acids is 1. The summed E-state index contributed by atoms with van der Waals surface area (Å²) in [5.74, 6) is 0.0352. The number of fused-ring (bicyclic) bond motifs is 1. The van der Waals surface area contributed by atoms with E-state index >= 15 is 0 Å².